The molecule has 0 saturated carbocycles. The molecule has 0 spiro atoms. The van der Waals surface area contributed by atoms with Gasteiger partial charge >= 0.3 is 0 Å². The van der Waals surface area contributed by atoms with Crippen molar-refractivity contribution >= 4 is 23.3 Å². The quantitative estimate of drug-likeness (QED) is 0.818. The molecule has 0 atom stereocenters. The van der Waals surface area contributed by atoms with E-state index in [2.05, 4.69) is 14.3 Å². The van der Waals surface area contributed by atoms with Gasteiger partial charge in [0.25, 0.3) is 5.22 Å². The van der Waals surface area contributed by atoms with Crippen LogP contribution in [-0.2, 0) is 11.2 Å². The van der Waals surface area contributed by atoms with Crippen LogP contribution in [-0.4, -0.2) is 28.1 Å². The lowest BCUT2D eigenvalue weighted by atomic mass is 10.4. The Labute approximate surface area is 101 Å². The third kappa shape index (κ3) is 3.03. The molecule has 0 N–H and O–H groups in total. The van der Waals surface area contributed by atoms with Gasteiger partial charge in [-0.3, -0.25) is 0 Å². The summed E-state index contributed by atoms with van der Waals surface area (Å²) in [5, 5.41) is 0.604. The van der Waals surface area contributed by atoms with Crippen LogP contribution < -0.4 is 0 Å². The third-order valence-corrected chi connectivity index (χ3v) is 3.40. The van der Waals surface area contributed by atoms with E-state index >= 15 is 0 Å². The predicted molar refractivity (Wildman–Crippen MR) is 60.9 cm³/mol. The summed E-state index contributed by atoms with van der Waals surface area (Å²) in [6.07, 6.45) is 2.35. The summed E-state index contributed by atoms with van der Waals surface area (Å²) < 4.78 is 15.2. The van der Waals surface area contributed by atoms with Crippen molar-refractivity contribution in [3.05, 3.63) is 17.8 Å². The second-order valence-electron chi connectivity index (χ2n) is 3.08. The fourth-order valence-electron chi connectivity index (χ4n) is 1.03. The van der Waals surface area contributed by atoms with E-state index in [9.17, 15) is 0 Å². The first-order chi connectivity index (χ1) is 7.78. The predicted octanol–water partition coefficient (Wildman–Crippen LogP) is 2.17. The van der Waals surface area contributed by atoms with Crippen LogP contribution in [0.2, 0.25) is 0 Å². The summed E-state index contributed by atoms with van der Waals surface area (Å²) >= 11 is 2.74. The van der Waals surface area contributed by atoms with Gasteiger partial charge in [0.05, 0.1) is 12.3 Å². The van der Waals surface area contributed by atoms with E-state index in [1.807, 2.05) is 6.92 Å². The van der Waals surface area contributed by atoms with Gasteiger partial charge in [0, 0.05) is 25.3 Å². The van der Waals surface area contributed by atoms with Crippen LogP contribution in [0.15, 0.2) is 20.2 Å². The average molecular weight is 257 g/mol. The van der Waals surface area contributed by atoms with Gasteiger partial charge in [-0.25, -0.2) is 9.97 Å². The molecular weight excluding hydrogens is 246 g/mol. The molecule has 2 aromatic heterocycles. The molecule has 0 unspecified atom stereocenters. The highest BCUT2D eigenvalue weighted by Gasteiger charge is 2.09. The van der Waals surface area contributed by atoms with Gasteiger partial charge in [-0.05, 0) is 18.5 Å². The number of oxazole rings is 1. The molecule has 2 rings (SSSR count). The SMILES string of the molecule is COCCc1nsc(Sc2nc(C)co2)n1. The zero-order valence-corrected chi connectivity index (χ0v) is 10.6. The Morgan fingerprint density at radius 1 is 1.50 bits per heavy atom. The third-order valence-electron chi connectivity index (χ3n) is 1.75. The lowest BCUT2D eigenvalue weighted by Gasteiger charge is -1.91. The number of aryl methyl sites for hydroxylation is 1. The monoisotopic (exact) mass is 257 g/mol. The van der Waals surface area contributed by atoms with E-state index in [0.29, 0.717) is 11.8 Å². The van der Waals surface area contributed by atoms with Gasteiger partial charge in [0.1, 0.15) is 12.1 Å². The molecule has 86 valence electrons. The van der Waals surface area contributed by atoms with Crippen molar-refractivity contribution in [3.63, 3.8) is 0 Å². The van der Waals surface area contributed by atoms with Crippen molar-refractivity contribution in [2.24, 2.45) is 0 Å². The molecule has 0 aromatic carbocycles. The summed E-state index contributed by atoms with van der Waals surface area (Å²) in [5.41, 5.74) is 0.867. The van der Waals surface area contributed by atoms with Gasteiger partial charge in [-0.1, -0.05) is 0 Å². The van der Waals surface area contributed by atoms with Gasteiger partial charge in [0.15, 0.2) is 4.34 Å². The maximum Gasteiger partial charge on any atom is 0.263 e. The van der Waals surface area contributed by atoms with E-state index < -0.39 is 0 Å². The smallest absolute Gasteiger partial charge is 0.263 e. The molecule has 0 bridgehead atoms. The number of ether oxygens (including phenoxy) is 1. The van der Waals surface area contributed by atoms with Gasteiger partial charge in [-0.15, -0.1) is 0 Å². The first kappa shape index (κ1) is 11.6. The minimum absolute atomic E-state index is 0.604. The van der Waals surface area contributed by atoms with Crippen LogP contribution in [0.25, 0.3) is 0 Å². The molecular formula is C9H11N3O2S2. The van der Waals surface area contributed by atoms with E-state index in [4.69, 9.17) is 9.15 Å². The fraction of sp³-hybridized carbons (Fsp3) is 0.444. The number of nitrogens with zero attached hydrogens (tertiary/aromatic N) is 3. The van der Waals surface area contributed by atoms with Crippen LogP contribution in [0.3, 0.4) is 0 Å². The number of hydrogen-bond donors (Lipinski definition) is 0. The topological polar surface area (TPSA) is 61.0 Å². The Balaban J connectivity index is 1.97. The first-order valence-corrected chi connectivity index (χ1v) is 6.28. The van der Waals surface area contributed by atoms with Crippen LogP contribution >= 0.6 is 23.3 Å². The second-order valence-corrected chi connectivity index (χ2v) is 5.03. The number of aromatic nitrogens is 3. The molecule has 0 aliphatic rings. The summed E-state index contributed by atoms with van der Waals surface area (Å²) in [7, 11) is 1.66. The molecule has 0 saturated heterocycles. The molecule has 2 heterocycles. The Kier molecular flexibility index (Phi) is 3.92. The number of rotatable bonds is 5. The van der Waals surface area contributed by atoms with E-state index in [0.717, 1.165) is 22.3 Å². The minimum Gasteiger partial charge on any atom is -0.439 e. The van der Waals surface area contributed by atoms with Crippen LogP contribution in [0.4, 0.5) is 0 Å². The van der Waals surface area contributed by atoms with E-state index in [-0.39, 0.29) is 0 Å². The maximum atomic E-state index is 5.22. The van der Waals surface area contributed by atoms with Crippen molar-refractivity contribution in [1.82, 2.24) is 14.3 Å². The van der Waals surface area contributed by atoms with Gasteiger partial charge in [-0.2, -0.15) is 4.37 Å². The second kappa shape index (κ2) is 5.42. The van der Waals surface area contributed by atoms with Crippen molar-refractivity contribution in [1.29, 1.82) is 0 Å². The summed E-state index contributed by atoms with van der Waals surface area (Å²) in [6, 6.07) is 0. The molecule has 2 aromatic rings. The number of methoxy groups -OCH3 is 1. The molecule has 0 amide bonds. The normalized spacial score (nSPS) is 10.9. The minimum atomic E-state index is 0.604. The maximum absolute atomic E-state index is 5.22. The summed E-state index contributed by atoms with van der Waals surface area (Å²) in [6.45, 7) is 2.52. The Hall–Kier alpha value is -0.920. The first-order valence-electron chi connectivity index (χ1n) is 4.69. The van der Waals surface area contributed by atoms with Crippen molar-refractivity contribution in [2.45, 2.75) is 22.9 Å². The molecule has 5 nitrogen and oxygen atoms in total. The molecule has 7 heteroatoms. The highest BCUT2D eigenvalue weighted by Crippen LogP contribution is 2.28. The standard InChI is InChI=1S/C9H11N3O2S2/c1-6-5-14-8(10-6)15-9-11-7(12-16-9)3-4-13-2/h5H,3-4H2,1-2H3. The lowest BCUT2D eigenvalue weighted by Crippen LogP contribution is -1.95. The summed E-state index contributed by atoms with van der Waals surface area (Å²) in [5.74, 6) is 0.803. The molecule has 0 radical (unpaired) electrons. The average Bonchev–Trinajstić information content (AvgIpc) is 2.86. The number of hydrogen-bond acceptors (Lipinski definition) is 7. The molecule has 16 heavy (non-hydrogen) atoms. The Bertz CT molecular complexity index is 455. The van der Waals surface area contributed by atoms with Crippen LogP contribution in [0.5, 0.6) is 0 Å². The van der Waals surface area contributed by atoms with Crippen LogP contribution in [0, 0.1) is 6.92 Å². The van der Waals surface area contributed by atoms with Crippen molar-refractivity contribution < 1.29 is 9.15 Å². The summed E-state index contributed by atoms with van der Waals surface area (Å²) in [4.78, 5) is 8.53. The fourth-order valence-corrected chi connectivity index (χ4v) is 2.55. The molecule has 0 aliphatic carbocycles. The van der Waals surface area contributed by atoms with Crippen molar-refractivity contribution in [3.8, 4) is 0 Å². The van der Waals surface area contributed by atoms with Crippen molar-refractivity contribution in [2.75, 3.05) is 13.7 Å². The molecule has 0 aliphatic heterocycles. The van der Waals surface area contributed by atoms with Gasteiger partial charge < -0.3 is 9.15 Å². The lowest BCUT2D eigenvalue weighted by molar-refractivity contribution is 0.200. The largest absolute Gasteiger partial charge is 0.439 e. The Morgan fingerprint density at radius 3 is 3.06 bits per heavy atom. The zero-order valence-electron chi connectivity index (χ0n) is 8.97. The van der Waals surface area contributed by atoms with Crippen LogP contribution in [0.1, 0.15) is 11.5 Å². The van der Waals surface area contributed by atoms with E-state index in [1.165, 1.54) is 23.3 Å². The highest BCUT2D eigenvalue weighted by atomic mass is 32.2. The van der Waals surface area contributed by atoms with E-state index in [1.54, 1.807) is 13.4 Å². The molecule has 0 fully saturated rings. The Morgan fingerprint density at radius 2 is 2.38 bits per heavy atom. The van der Waals surface area contributed by atoms with Gasteiger partial charge in [0.2, 0.25) is 0 Å². The zero-order chi connectivity index (χ0) is 11.4. The highest BCUT2D eigenvalue weighted by molar-refractivity contribution is 8.00.